The van der Waals surface area contributed by atoms with Gasteiger partial charge in [0.2, 0.25) is 0 Å². The molecule has 0 aliphatic heterocycles. The normalized spacial score (nSPS) is 10.5. The van der Waals surface area contributed by atoms with Crippen molar-refractivity contribution in [3.63, 3.8) is 0 Å². The first-order valence-corrected chi connectivity index (χ1v) is 6.24. The first-order chi connectivity index (χ1) is 7.24. The van der Waals surface area contributed by atoms with E-state index in [9.17, 15) is 0 Å². The average Bonchev–Trinajstić information content (AvgIpc) is 2.64. The van der Waals surface area contributed by atoms with Gasteiger partial charge in [-0.25, -0.2) is 9.97 Å². The number of anilines is 1. The van der Waals surface area contributed by atoms with Gasteiger partial charge in [-0.3, -0.25) is 0 Å². The Balaban J connectivity index is 2.63. The molecule has 0 radical (unpaired) electrons. The van der Waals surface area contributed by atoms with E-state index < -0.39 is 0 Å². The molecule has 0 amide bonds. The lowest BCUT2D eigenvalue weighted by atomic mass is 10.1. The standard InChI is InChI=1S/C10H10BrN3S/c1-2-6-8(13-5-14-10(6)12)9-7(11)3-4-15-9/h3-5H,2H2,1H3,(H2,12,13,14). The molecule has 0 saturated carbocycles. The molecular weight excluding hydrogens is 274 g/mol. The minimum atomic E-state index is 0.572. The van der Waals surface area contributed by atoms with Gasteiger partial charge in [0.05, 0.1) is 10.6 Å². The van der Waals surface area contributed by atoms with E-state index >= 15 is 0 Å². The van der Waals surface area contributed by atoms with Crippen LogP contribution in [0.25, 0.3) is 10.6 Å². The third-order valence-corrected chi connectivity index (χ3v) is 4.01. The maximum atomic E-state index is 5.83. The van der Waals surface area contributed by atoms with Gasteiger partial charge in [-0.1, -0.05) is 6.92 Å². The molecule has 0 aliphatic rings. The number of halogens is 1. The van der Waals surface area contributed by atoms with Crippen molar-refractivity contribution in [1.82, 2.24) is 9.97 Å². The predicted molar refractivity (Wildman–Crippen MR) is 66.8 cm³/mol. The first kappa shape index (κ1) is 10.6. The molecule has 0 aromatic carbocycles. The zero-order valence-electron chi connectivity index (χ0n) is 8.20. The van der Waals surface area contributed by atoms with Crippen LogP contribution in [-0.4, -0.2) is 9.97 Å². The van der Waals surface area contributed by atoms with Crippen LogP contribution in [0, 0.1) is 0 Å². The molecule has 0 fully saturated rings. The number of nitrogens with zero attached hydrogens (tertiary/aromatic N) is 2. The van der Waals surface area contributed by atoms with Crippen molar-refractivity contribution < 1.29 is 0 Å². The highest BCUT2D eigenvalue weighted by Crippen LogP contribution is 2.35. The monoisotopic (exact) mass is 283 g/mol. The minimum absolute atomic E-state index is 0.572. The Hall–Kier alpha value is -0.940. The van der Waals surface area contributed by atoms with E-state index in [-0.39, 0.29) is 0 Å². The van der Waals surface area contributed by atoms with E-state index in [0.717, 1.165) is 27.0 Å². The molecule has 0 saturated heterocycles. The molecule has 5 heteroatoms. The molecule has 2 aromatic heterocycles. The summed E-state index contributed by atoms with van der Waals surface area (Å²) in [5.74, 6) is 0.572. The van der Waals surface area contributed by atoms with Crippen LogP contribution in [-0.2, 0) is 6.42 Å². The summed E-state index contributed by atoms with van der Waals surface area (Å²) in [6.07, 6.45) is 2.35. The summed E-state index contributed by atoms with van der Waals surface area (Å²) in [6, 6.07) is 2.01. The third-order valence-electron chi connectivity index (χ3n) is 2.16. The van der Waals surface area contributed by atoms with Crippen LogP contribution < -0.4 is 5.73 Å². The first-order valence-electron chi connectivity index (χ1n) is 4.56. The van der Waals surface area contributed by atoms with Crippen molar-refractivity contribution in [1.29, 1.82) is 0 Å². The zero-order valence-corrected chi connectivity index (χ0v) is 10.6. The molecule has 0 spiro atoms. The minimum Gasteiger partial charge on any atom is -0.383 e. The van der Waals surface area contributed by atoms with Crippen molar-refractivity contribution in [3.05, 3.63) is 27.8 Å². The molecule has 2 rings (SSSR count). The Labute approximate surface area is 101 Å². The van der Waals surface area contributed by atoms with E-state index in [4.69, 9.17) is 5.73 Å². The van der Waals surface area contributed by atoms with E-state index in [0.29, 0.717) is 5.82 Å². The van der Waals surface area contributed by atoms with Crippen molar-refractivity contribution in [2.24, 2.45) is 0 Å². The van der Waals surface area contributed by atoms with Gasteiger partial charge in [-0.2, -0.15) is 0 Å². The summed E-state index contributed by atoms with van der Waals surface area (Å²) in [7, 11) is 0. The van der Waals surface area contributed by atoms with Crippen LogP contribution >= 0.6 is 27.3 Å². The molecule has 0 unspecified atom stereocenters. The van der Waals surface area contributed by atoms with Crippen LogP contribution in [0.1, 0.15) is 12.5 Å². The highest BCUT2D eigenvalue weighted by atomic mass is 79.9. The fraction of sp³-hybridized carbons (Fsp3) is 0.200. The Bertz CT molecular complexity index is 481. The maximum absolute atomic E-state index is 5.83. The lowest BCUT2D eigenvalue weighted by Gasteiger charge is -2.07. The maximum Gasteiger partial charge on any atom is 0.130 e. The molecule has 3 nitrogen and oxygen atoms in total. The zero-order chi connectivity index (χ0) is 10.8. The number of rotatable bonds is 2. The Kier molecular flexibility index (Phi) is 3.02. The Morgan fingerprint density at radius 1 is 1.47 bits per heavy atom. The lowest BCUT2D eigenvalue weighted by molar-refractivity contribution is 1.06. The summed E-state index contributed by atoms with van der Waals surface area (Å²) < 4.78 is 1.06. The van der Waals surface area contributed by atoms with Gasteiger partial charge in [0, 0.05) is 10.0 Å². The molecule has 2 heterocycles. The van der Waals surface area contributed by atoms with Gasteiger partial charge < -0.3 is 5.73 Å². The molecule has 78 valence electrons. The summed E-state index contributed by atoms with van der Waals surface area (Å²) in [6.45, 7) is 2.06. The number of nitrogen functional groups attached to an aromatic ring is 1. The molecule has 0 bridgehead atoms. The Morgan fingerprint density at radius 2 is 2.27 bits per heavy atom. The van der Waals surface area contributed by atoms with Crippen molar-refractivity contribution in [2.75, 3.05) is 5.73 Å². The van der Waals surface area contributed by atoms with Crippen LogP contribution in [0.4, 0.5) is 5.82 Å². The lowest BCUT2D eigenvalue weighted by Crippen LogP contribution is -2.00. The smallest absolute Gasteiger partial charge is 0.130 e. The van der Waals surface area contributed by atoms with Gasteiger partial charge in [-0.05, 0) is 33.8 Å². The van der Waals surface area contributed by atoms with Crippen LogP contribution in [0.5, 0.6) is 0 Å². The second-order valence-corrected chi connectivity index (χ2v) is 4.81. The topological polar surface area (TPSA) is 51.8 Å². The highest BCUT2D eigenvalue weighted by Gasteiger charge is 2.12. The second kappa shape index (κ2) is 4.28. The van der Waals surface area contributed by atoms with Crippen molar-refractivity contribution in [3.8, 4) is 10.6 Å². The second-order valence-electron chi connectivity index (χ2n) is 3.04. The molecule has 15 heavy (non-hydrogen) atoms. The van der Waals surface area contributed by atoms with Crippen LogP contribution in [0.2, 0.25) is 0 Å². The number of nitrogens with two attached hydrogens (primary N) is 1. The molecule has 2 aromatic rings. The molecule has 0 atom stereocenters. The van der Waals surface area contributed by atoms with Crippen LogP contribution in [0.15, 0.2) is 22.2 Å². The summed E-state index contributed by atoms with van der Waals surface area (Å²) >= 11 is 5.15. The van der Waals surface area contributed by atoms with Crippen molar-refractivity contribution in [2.45, 2.75) is 13.3 Å². The van der Waals surface area contributed by atoms with E-state index in [2.05, 4.69) is 32.8 Å². The van der Waals surface area contributed by atoms with Gasteiger partial charge in [-0.15, -0.1) is 11.3 Å². The Morgan fingerprint density at radius 3 is 2.87 bits per heavy atom. The SMILES string of the molecule is CCc1c(N)ncnc1-c1sccc1Br. The van der Waals surface area contributed by atoms with E-state index in [1.165, 1.54) is 6.33 Å². The third kappa shape index (κ3) is 1.89. The van der Waals surface area contributed by atoms with E-state index in [1.54, 1.807) is 11.3 Å². The van der Waals surface area contributed by atoms with Gasteiger partial charge in [0.25, 0.3) is 0 Å². The molecule has 2 N–H and O–H groups in total. The van der Waals surface area contributed by atoms with E-state index in [1.807, 2.05) is 11.4 Å². The fourth-order valence-electron chi connectivity index (χ4n) is 1.43. The summed E-state index contributed by atoms with van der Waals surface area (Å²) in [4.78, 5) is 9.42. The quantitative estimate of drug-likeness (QED) is 0.921. The summed E-state index contributed by atoms with van der Waals surface area (Å²) in [5, 5.41) is 2.02. The summed E-state index contributed by atoms with van der Waals surface area (Å²) in [5.41, 5.74) is 7.78. The van der Waals surface area contributed by atoms with Gasteiger partial charge >= 0.3 is 0 Å². The largest absolute Gasteiger partial charge is 0.383 e. The predicted octanol–water partition coefficient (Wildman–Crippen LogP) is 3.11. The fourth-order valence-corrected chi connectivity index (χ4v) is 3.02. The molecule has 0 aliphatic carbocycles. The van der Waals surface area contributed by atoms with Gasteiger partial charge in [0.1, 0.15) is 12.1 Å². The van der Waals surface area contributed by atoms with Crippen LogP contribution in [0.3, 0.4) is 0 Å². The average molecular weight is 284 g/mol. The number of aromatic nitrogens is 2. The van der Waals surface area contributed by atoms with Gasteiger partial charge in [0.15, 0.2) is 0 Å². The number of thiophene rings is 1. The number of hydrogen-bond donors (Lipinski definition) is 1. The highest BCUT2D eigenvalue weighted by molar-refractivity contribution is 9.10. The van der Waals surface area contributed by atoms with Crippen molar-refractivity contribution >= 4 is 33.1 Å². The molecular formula is C10H10BrN3S. The number of hydrogen-bond acceptors (Lipinski definition) is 4.